The smallest absolute Gasteiger partial charge is 0.339 e. The van der Waals surface area contributed by atoms with Gasteiger partial charge in [-0.3, -0.25) is 9.59 Å². The summed E-state index contributed by atoms with van der Waals surface area (Å²) in [6.45, 7) is 3.78. The molecule has 0 aliphatic heterocycles. The van der Waals surface area contributed by atoms with Crippen LogP contribution in [-0.2, 0) is 20.7 Å². The van der Waals surface area contributed by atoms with Crippen molar-refractivity contribution in [1.82, 2.24) is 0 Å². The number of carbonyl (C=O) groups excluding carboxylic acids is 3. The highest BCUT2D eigenvalue weighted by molar-refractivity contribution is 6.01. The van der Waals surface area contributed by atoms with Crippen molar-refractivity contribution in [1.29, 1.82) is 0 Å². The highest BCUT2D eigenvalue weighted by atomic mass is 16.5. The third-order valence-corrected chi connectivity index (χ3v) is 4.21. The topological polar surface area (TPSA) is 75.7 Å². The summed E-state index contributed by atoms with van der Waals surface area (Å²) >= 11 is 0. The van der Waals surface area contributed by atoms with Crippen LogP contribution in [0.25, 0.3) is 0 Å². The van der Waals surface area contributed by atoms with Crippen LogP contribution in [0.4, 0.5) is 11.4 Å². The molecule has 0 bridgehead atoms. The monoisotopic (exact) mass is 368 g/mol. The number of anilines is 2. The second kappa shape index (κ2) is 9.52. The van der Waals surface area contributed by atoms with Crippen LogP contribution in [0.2, 0.25) is 0 Å². The fourth-order valence-corrected chi connectivity index (χ4v) is 2.69. The number of amides is 2. The largest absolute Gasteiger partial charge is 0.465 e. The Balaban J connectivity index is 2.04. The van der Waals surface area contributed by atoms with Crippen molar-refractivity contribution in [3.63, 3.8) is 0 Å². The summed E-state index contributed by atoms with van der Waals surface area (Å²) in [6, 6.07) is 14.3. The molecule has 2 aromatic carbocycles. The van der Waals surface area contributed by atoms with Gasteiger partial charge in [0.05, 0.1) is 18.4 Å². The van der Waals surface area contributed by atoms with Gasteiger partial charge in [0, 0.05) is 25.6 Å². The van der Waals surface area contributed by atoms with Gasteiger partial charge in [0.2, 0.25) is 11.8 Å². The van der Waals surface area contributed by atoms with Gasteiger partial charge < -0.3 is 15.0 Å². The van der Waals surface area contributed by atoms with Crippen LogP contribution < -0.4 is 10.2 Å². The predicted molar refractivity (Wildman–Crippen MR) is 105 cm³/mol. The zero-order chi connectivity index (χ0) is 19.8. The van der Waals surface area contributed by atoms with E-state index < -0.39 is 5.97 Å². The van der Waals surface area contributed by atoms with Crippen molar-refractivity contribution in [3.8, 4) is 0 Å². The predicted octanol–water partition coefficient (Wildman–Crippen LogP) is 3.42. The zero-order valence-electron chi connectivity index (χ0n) is 15.8. The van der Waals surface area contributed by atoms with E-state index in [2.05, 4.69) is 12.2 Å². The lowest BCUT2D eigenvalue weighted by Crippen LogP contribution is -2.32. The quantitative estimate of drug-likeness (QED) is 0.760. The summed E-state index contributed by atoms with van der Waals surface area (Å²) in [4.78, 5) is 37.7. The number of benzene rings is 2. The van der Waals surface area contributed by atoms with Gasteiger partial charge in [-0.15, -0.1) is 0 Å². The molecule has 142 valence electrons. The summed E-state index contributed by atoms with van der Waals surface area (Å²) in [5, 5.41) is 2.71. The summed E-state index contributed by atoms with van der Waals surface area (Å²) < 4.78 is 4.72. The first-order valence-electron chi connectivity index (χ1n) is 8.80. The number of methoxy groups -OCH3 is 1. The van der Waals surface area contributed by atoms with Crippen LogP contribution in [0.3, 0.4) is 0 Å². The number of nitrogens with one attached hydrogen (secondary N) is 1. The highest BCUT2D eigenvalue weighted by Gasteiger charge is 2.16. The van der Waals surface area contributed by atoms with Crippen molar-refractivity contribution < 1.29 is 19.1 Å². The minimum absolute atomic E-state index is 0.102. The fourth-order valence-electron chi connectivity index (χ4n) is 2.69. The van der Waals surface area contributed by atoms with E-state index in [-0.39, 0.29) is 30.3 Å². The Morgan fingerprint density at radius 3 is 2.30 bits per heavy atom. The third-order valence-electron chi connectivity index (χ3n) is 4.21. The number of rotatable bonds is 7. The first kappa shape index (κ1) is 20.2. The van der Waals surface area contributed by atoms with Gasteiger partial charge in [-0.05, 0) is 36.2 Å². The second-order valence-corrected chi connectivity index (χ2v) is 6.03. The Morgan fingerprint density at radius 1 is 1.04 bits per heavy atom. The van der Waals surface area contributed by atoms with Gasteiger partial charge in [0.1, 0.15) is 0 Å². The van der Waals surface area contributed by atoms with Crippen LogP contribution in [-0.4, -0.2) is 31.4 Å². The lowest BCUT2D eigenvalue weighted by molar-refractivity contribution is -0.117. The molecule has 0 aliphatic carbocycles. The average molecular weight is 368 g/mol. The minimum Gasteiger partial charge on any atom is -0.465 e. The van der Waals surface area contributed by atoms with Crippen LogP contribution in [0.5, 0.6) is 0 Å². The van der Waals surface area contributed by atoms with Crippen molar-refractivity contribution >= 4 is 29.2 Å². The number of hydrogen-bond donors (Lipinski definition) is 1. The van der Waals surface area contributed by atoms with E-state index in [1.165, 1.54) is 19.6 Å². The van der Waals surface area contributed by atoms with Crippen molar-refractivity contribution in [2.45, 2.75) is 26.7 Å². The molecule has 0 saturated carbocycles. The van der Waals surface area contributed by atoms with Crippen LogP contribution in [0.1, 0.15) is 36.2 Å². The molecule has 0 spiro atoms. The van der Waals surface area contributed by atoms with Gasteiger partial charge in [-0.1, -0.05) is 31.2 Å². The molecule has 27 heavy (non-hydrogen) atoms. The number of nitrogens with zero attached hydrogens (tertiary/aromatic N) is 1. The molecule has 1 N–H and O–H groups in total. The molecule has 0 saturated heterocycles. The van der Waals surface area contributed by atoms with Crippen molar-refractivity contribution in [3.05, 3.63) is 59.7 Å². The Labute approximate surface area is 159 Å². The summed E-state index contributed by atoms with van der Waals surface area (Å²) in [7, 11) is 1.29. The minimum atomic E-state index is -0.521. The van der Waals surface area contributed by atoms with Gasteiger partial charge in [0.15, 0.2) is 0 Å². The van der Waals surface area contributed by atoms with E-state index in [0.717, 1.165) is 12.1 Å². The lowest BCUT2D eigenvalue weighted by Gasteiger charge is -2.21. The molecular formula is C21H24N2O4. The molecule has 0 fully saturated rings. The van der Waals surface area contributed by atoms with Crippen molar-refractivity contribution in [2.75, 3.05) is 23.9 Å². The molecule has 2 rings (SSSR count). The molecule has 0 atom stereocenters. The number of hydrogen-bond acceptors (Lipinski definition) is 4. The summed E-state index contributed by atoms with van der Waals surface area (Å²) in [5.41, 5.74) is 2.60. The zero-order valence-corrected chi connectivity index (χ0v) is 15.8. The van der Waals surface area contributed by atoms with E-state index in [9.17, 15) is 14.4 Å². The van der Waals surface area contributed by atoms with E-state index >= 15 is 0 Å². The van der Waals surface area contributed by atoms with E-state index in [1.54, 1.807) is 29.2 Å². The Bertz CT molecular complexity index is 815. The molecule has 2 amide bonds. The van der Waals surface area contributed by atoms with Crippen LogP contribution in [0, 0.1) is 0 Å². The molecule has 6 heteroatoms. The normalized spacial score (nSPS) is 10.2. The number of carbonyl (C=O) groups is 3. The molecule has 0 radical (unpaired) electrons. The Morgan fingerprint density at radius 2 is 1.70 bits per heavy atom. The van der Waals surface area contributed by atoms with Gasteiger partial charge in [-0.2, -0.15) is 0 Å². The maximum Gasteiger partial charge on any atom is 0.339 e. The molecule has 6 nitrogen and oxygen atoms in total. The number of para-hydroxylation sites is 1. The lowest BCUT2D eigenvalue weighted by atomic mass is 10.1. The maximum absolute atomic E-state index is 12.3. The number of ether oxygens (including phenoxy) is 1. The number of esters is 1. The molecule has 2 aromatic rings. The number of aryl methyl sites for hydroxylation is 1. The van der Waals surface area contributed by atoms with E-state index in [0.29, 0.717) is 5.69 Å². The summed E-state index contributed by atoms with van der Waals surface area (Å²) in [5.74, 6) is -0.947. The van der Waals surface area contributed by atoms with Gasteiger partial charge >= 0.3 is 5.97 Å². The Hall–Kier alpha value is -3.15. The standard InChI is InChI=1S/C21H24N2O4/c1-4-16-9-11-17(12-10-16)23(15(2)24)14-13-20(25)22-19-8-6-5-7-18(19)21(26)27-3/h5-12H,4,13-14H2,1-3H3,(H,22,25). The van der Waals surface area contributed by atoms with Gasteiger partial charge in [0.25, 0.3) is 0 Å². The maximum atomic E-state index is 12.3. The molecule has 0 heterocycles. The van der Waals surface area contributed by atoms with E-state index in [4.69, 9.17) is 4.74 Å². The molecule has 0 unspecified atom stereocenters. The van der Waals surface area contributed by atoms with E-state index in [1.807, 2.05) is 24.3 Å². The molecular weight excluding hydrogens is 344 g/mol. The SMILES string of the molecule is CCc1ccc(N(CCC(=O)Nc2ccccc2C(=O)OC)C(C)=O)cc1. The van der Waals surface area contributed by atoms with Crippen LogP contribution >= 0.6 is 0 Å². The third kappa shape index (κ3) is 5.41. The Kier molecular flexibility index (Phi) is 7.11. The van der Waals surface area contributed by atoms with Crippen molar-refractivity contribution in [2.24, 2.45) is 0 Å². The second-order valence-electron chi connectivity index (χ2n) is 6.03. The highest BCUT2D eigenvalue weighted by Crippen LogP contribution is 2.18. The first-order valence-corrected chi connectivity index (χ1v) is 8.80. The summed E-state index contributed by atoms with van der Waals surface area (Å²) in [6.07, 6.45) is 1.02. The van der Waals surface area contributed by atoms with Gasteiger partial charge in [-0.25, -0.2) is 4.79 Å². The fraction of sp³-hybridized carbons (Fsp3) is 0.286. The van der Waals surface area contributed by atoms with Crippen LogP contribution in [0.15, 0.2) is 48.5 Å². The molecule has 0 aliphatic rings. The average Bonchev–Trinajstić information content (AvgIpc) is 2.68. The molecule has 0 aromatic heterocycles. The first-order chi connectivity index (χ1) is 13.0.